The van der Waals surface area contributed by atoms with Crippen molar-refractivity contribution in [1.82, 2.24) is 10.2 Å². The molecule has 7 nitrogen and oxygen atoms in total. The summed E-state index contributed by atoms with van der Waals surface area (Å²) >= 11 is 0. The smallest absolute Gasteiger partial charge is 0.418 e. The molecule has 0 bridgehead atoms. The summed E-state index contributed by atoms with van der Waals surface area (Å²) in [7, 11) is 0. The number of imide groups is 1. The molecule has 0 saturated carbocycles. The van der Waals surface area contributed by atoms with Crippen LogP contribution in [-0.2, 0) is 4.74 Å². The molecule has 0 aliphatic rings. The molecule has 0 heterocycles. The number of carbonyl (C=O) groups excluding carboxylic acids is 2. The van der Waals surface area contributed by atoms with E-state index in [0.29, 0.717) is 6.61 Å². The summed E-state index contributed by atoms with van der Waals surface area (Å²) in [4.78, 5) is 24.4. The zero-order valence-electron chi connectivity index (χ0n) is 12.1. The Balaban J connectivity index is 2.34. The normalized spacial score (nSPS) is 9.81. The maximum Gasteiger partial charge on any atom is 0.418 e. The van der Waals surface area contributed by atoms with Gasteiger partial charge in [0.25, 0.3) is 0 Å². The summed E-state index contributed by atoms with van der Waals surface area (Å²) in [5.74, 6) is 0.718. The van der Waals surface area contributed by atoms with Crippen molar-refractivity contribution < 1.29 is 19.1 Å². The predicted octanol–water partition coefficient (Wildman–Crippen LogP) is 1.19. The minimum absolute atomic E-state index is 0.101. The van der Waals surface area contributed by atoms with E-state index in [4.69, 9.17) is 15.2 Å². The quantitative estimate of drug-likeness (QED) is 0.737. The molecule has 0 aromatic heterocycles. The second-order valence-corrected chi connectivity index (χ2v) is 4.03. The van der Waals surface area contributed by atoms with E-state index in [9.17, 15) is 9.59 Å². The molecule has 0 saturated heterocycles. The first-order valence-corrected chi connectivity index (χ1v) is 6.79. The third-order valence-electron chi connectivity index (χ3n) is 2.48. The lowest BCUT2D eigenvalue weighted by molar-refractivity contribution is 0.114. The highest BCUT2D eigenvalue weighted by molar-refractivity contribution is 5.90. The minimum atomic E-state index is -0.704. The van der Waals surface area contributed by atoms with E-state index < -0.39 is 12.1 Å². The van der Waals surface area contributed by atoms with Crippen LogP contribution in [0.25, 0.3) is 0 Å². The topological polar surface area (TPSA) is 93.9 Å². The molecule has 1 aromatic carbocycles. The second-order valence-electron chi connectivity index (χ2n) is 4.03. The van der Waals surface area contributed by atoms with Crippen LogP contribution in [0.15, 0.2) is 30.3 Å². The molecule has 0 aliphatic heterocycles. The first-order valence-electron chi connectivity index (χ1n) is 6.79. The van der Waals surface area contributed by atoms with Crippen molar-refractivity contribution in [3.8, 4) is 5.75 Å². The van der Waals surface area contributed by atoms with Crippen LogP contribution in [0.3, 0.4) is 0 Å². The number of para-hydroxylation sites is 1. The molecule has 3 amide bonds. The van der Waals surface area contributed by atoms with Gasteiger partial charge in [-0.2, -0.15) is 0 Å². The van der Waals surface area contributed by atoms with Crippen molar-refractivity contribution in [3.05, 3.63) is 30.3 Å². The first kappa shape index (κ1) is 16.8. The Hall–Kier alpha value is -2.28. The van der Waals surface area contributed by atoms with Gasteiger partial charge in [-0.1, -0.05) is 18.2 Å². The van der Waals surface area contributed by atoms with E-state index >= 15 is 0 Å². The van der Waals surface area contributed by atoms with Gasteiger partial charge in [-0.3, -0.25) is 0 Å². The Bertz CT molecular complexity index is 439. The van der Waals surface area contributed by atoms with E-state index in [1.165, 1.54) is 0 Å². The lowest BCUT2D eigenvalue weighted by atomic mass is 10.3. The van der Waals surface area contributed by atoms with Gasteiger partial charge < -0.3 is 20.5 Å². The van der Waals surface area contributed by atoms with Crippen LogP contribution in [0, 0.1) is 0 Å². The number of ether oxygens (including phenoxy) is 2. The van der Waals surface area contributed by atoms with Gasteiger partial charge in [-0.25, -0.2) is 14.5 Å². The summed E-state index contributed by atoms with van der Waals surface area (Å²) in [5.41, 5.74) is 5.38. The predicted molar refractivity (Wildman–Crippen MR) is 78.1 cm³/mol. The number of urea groups is 1. The van der Waals surface area contributed by atoms with Crippen molar-refractivity contribution in [3.63, 3.8) is 0 Å². The molecule has 116 valence electrons. The number of nitrogens with two attached hydrogens (primary N) is 1. The zero-order chi connectivity index (χ0) is 15.5. The van der Waals surface area contributed by atoms with Crippen molar-refractivity contribution in [1.29, 1.82) is 0 Å². The monoisotopic (exact) mass is 295 g/mol. The molecular weight excluding hydrogens is 274 g/mol. The maximum absolute atomic E-state index is 11.9. The van der Waals surface area contributed by atoms with Crippen LogP contribution in [0.1, 0.15) is 6.92 Å². The molecule has 0 unspecified atom stereocenters. The van der Waals surface area contributed by atoms with Crippen LogP contribution in [0.5, 0.6) is 5.75 Å². The Morgan fingerprint density at radius 2 is 2.00 bits per heavy atom. The molecule has 21 heavy (non-hydrogen) atoms. The average molecular weight is 295 g/mol. The zero-order valence-corrected chi connectivity index (χ0v) is 12.1. The summed E-state index contributed by atoms with van der Waals surface area (Å²) in [6.07, 6.45) is -0.704. The summed E-state index contributed by atoms with van der Waals surface area (Å²) in [6, 6.07) is 8.70. The van der Waals surface area contributed by atoms with Crippen LogP contribution in [0.2, 0.25) is 0 Å². The Morgan fingerprint density at radius 3 is 2.62 bits per heavy atom. The molecule has 0 spiro atoms. The second kappa shape index (κ2) is 9.60. The van der Waals surface area contributed by atoms with Crippen molar-refractivity contribution in [2.75, 3.05) is 32.8 Å². The first-order chi connectivity index (χ1) is 10.2. The SMILES string of the molecule is CCOC(=O)N(CCN)C(=O)NCCOc1ccccc1. The van der Waals surface area contributed by atoms with Crippen LogP contribution < -0.4 is 15.8 Å². The third kappa shape index (κ3) is 6.13. The fraction of sp³-hybridized carbons (Fsp3) is 0.429. The third-order valence-corrected chi connectivity index (χ3v) is 2.48. The van der Waals surface area contributed by atoms with Gasteiger partial charge in [0, 0.05) is 13.1 Å². The van der Waals surface area contributed by atoms with Crippen LogP contribution >= 0.6 is 0 Å². The number of hydrogen-bond acceptors (Lipinski definition) is 5. The highest BCUT2D eigenvalue weighted by atomic mass is 16.6. The number of nitrogens with one attached hydrogen (secondary N) is 1. The molecular formula is C14H21N3O4. The molecule has 0 radical (unpaired) electrons. The molecule has 1 rings (SSSR count). The fourth-order valence-corrected chi connectivity index (χ4v) is 1.55. The Morgan fingerprint density at radius 1 is 1.29 bits per heavy atom. The summed E-state index contributed by atoms with van der Waals surface area (Å²) in [5, 5.41) is 2.58. The number of nitrogens with zero attached hydrogens (tertiary/aromatic N) is 1. The van der Waals surface area contributed by atoms with Gasteiger partial charge >= 0.3 is 12.1 Å². The number of amides is 3. The van der Waals surface area contributed by atoms with Gasteiger partial charge in [-0.15, -0.1) is 0 Å². The molecule has 3 N–H and O–H groups in total. The number of hydrogen-bond donors (Lipinski definition) is 2. The Labute approximate surface area is 124 Å². The van der Waals surface area contributed by atoms with Gasteiger partial charge in [0.2, 0.25) is 0 Å². The standard InChI is InChI=1S/C14H21N3O4/c1-2-20-14(19)17(10-8-15)13(18)16-9-11-21-12-6-4-3-5-7-12/h3-7H,2,8-11,15H2,1H3,(H,16,18). The lowest BCUT2D eigenvalue weighted by Gasteiger charge is -2.19. The van der Waals surface area contributed by atoms with Crippen LogP contribution in [-0.4, -0.2) is 49.9 Å². The molecule has 0 aliphatic carbocycles. The maximum atomic E-state index is 11.9. The van der Waals surface area contributed by atoms with E-state index in [1.54, 1.807) is 6.92 Å². The summed E-state index contributed by atoms with van der Waals surface area (Å²) in [6.45, 7) is 2.72. The van der Waals surface area contributed by atoms with Crippen molar-refractivity contribution >= 4 is 12.1 Å². The number of carbonyl (C=O) groups is 2. The lowest BCUT2D eigenvalue weighted by Crippen LogP contribution is -2.47. The van der Waals surface area contributed by atoms with Crippen molar-refractivity contribution in [2.24, 2.45) is 5.73 Å². The molecule has 0 atom stereocenters. The van der Waals surface area contributed by atoms with Gasteiger partial charge in [0.05, 0.1) is 13.2 Å². The molecule has 1 aromatic rings. The summed E-state index contributed by atoms with van der Waals surface area (Å²) < 4.78 is 10.2. The largest absolute Gasteiger partial charge is 0.492 e. The fourth-order valence-electron chi connectivity index (χ4n) is 1.55. The van der Waals surface area contributed by atoms with E-state index in [1.807, 2.05) is 30.3 Å². The van der Waals surface area contributed by atoms with E-state index in [2.05, 4.69) is 5.32 Å². The van der Waals surface area contributed by atoms with Crippen molar-refractivity contribution in [2.45, 2.75) is 6.92 Å². The minimum Gasteiger partial charge on any atom is -0.492 e. The van der Waals surface area contributed by atoms with Crippen LogP contribution in [0.4, 0.5) is 9.59 Å². The highest BCUT2D eigenvalue weighted by Gasteiger charge is 2.21. The Kier molecular flexibility index (Phi) is 7.67. The molecule has 0 fully saturated rings. The number of rotatable bonds is 7. The van der Waals surface area contributed by atoms with Gasteiger partial charge in [-0.05, 0) is 19.1 Å². The molecule has 7 heteroatoms. The number of benzene rings is 1. The van der Waals surface area contributed by atoms with Gasteiger partial charge in [0.15, 0.2) is 0 Å². The van der Waals surface area contributed by atoms with E-state index in [-0.39, 0.29) is 26.2 Å². The highest BCUT2D eigenvalue weighted by Crippen LogP contribution is 2.07. The average Bonchev–Trinajstić information content (AvgIpc) is 2.50. The van der Waals surface area contributed by atoms with E-state index in [0.717, 1.165) is 10.6 Å². The van der Waals surface area contributed by atoms with Gasteiger partial charge in [0.1, 0.15) is 12.4 Å².